The van der Waals surface area contributed by atoms with E-state index in [-0.39, 0.29) is 27.1 Å². The average molecular weight is 583 g/mol. The molecule has 0 amide bonds. The van der Waals surface area contributed by atoms with Crippen molar-refractivity contribution in [3.8, 4) is 11.5 Å². The minimum atomic E-state index is -4.00. The Balaban J connectivity index is 1.25. The van der Waals surface area contributed by atoms with Gasteiger partial charge in [0.05, 0.1) is 18.1 Å². The van der Waals surface area contributed by atoms with Crippen molar-refractivity contribution in [1.82, 2.24) is 0 Å². The van der Waals surface area contributed by atoms with Crippen LogP contribution in [0.15, 0.2) is 82.6 Å². The van der Waals surface area contributed by atoms with Crippen LogP contribution in [0.4, 0.5) is 0 Å². The molecule has 3 aromatic rings. The minimum Gasteiger partial charge on any atom is -0.493 e. The summed E-state index contributed by atoms with van der Waals surface area (Å²) in [5.74, 6) is 1.62. The molecular weight excluding hydrogens is 548 g/mol. The second kappa shape index (κ2) is 10.2. The van der Waals surface area contributed by atoms with E-state index < -0.39 is 20.2 Å². The van der Waals surface area contributed by atoms with Gasteiger partial charge in [0.15, 0.2) is 11.5 Å². The first-order valence-corrected chi connectivity index (χ1v) is 16.6. The quantitative estimate of drug-likeness (QED) is 0.311. The van der Waals surface area contributed by atoms with Crippen LogP contribution >= 0.6 is 0 Å². The largest absolute Gasteiger partial charge is 0.493 e. The van der Waals surface area contributed by atoms with Gasteiger partial charge in [-0.15, -0.1) is 0 Å². The van der Waals surface area contributed by atoms with Crippen LogP contribution in [-0.2, 0) is 30.8 Å². The summed E-state index contributed by atoms with van der Waals surface area (Å²) in [6.07, 6.45) is 4.80. The third-order valence-electron chi connectivity index (χ3n) is 9.43. The van der Waals surface area contributed by atoms with Crippen molar-refractivity contribution in [3.05, 3.63) is 83.9 Å². The monoisotopic (exact) mass is 582 g/mol. The summed E-state index contributed by atoms with van der Waals surface area (Å²) < 4.78 is 69.0. The van der Waals surface area contributed by atoms with E-state index in [1.807, 2.05) is 12.1 Å². The van der Waals surface area contributed by atoms with E-state index in [1.165, 1.54) is 24.8 Å². The number of hydrogen-bond donors (Lipinski definition) is 0. The first kappa shape index (κ1) is 27.3. The van der Waals surface area contributed by atoms with Crippen LogP contribution in [-0.4, -0.2) is 30.0 Å². The second-order valence-corrected chi connectivity index (χ2v) is 14.6. The topological polar surface area (TPSA) is 96.0 Å². The molecule has 2 fully saturated rings. The molecule has 3 aliphatic carbocycles. The Kier molecular flexibility index (Phi) is 6.95. The van der Waals surface area contributed by atoms with E-state index in [9.17, 15) is 16.8 Å². The molecule has 0 bridgehead atoms. The molecule has 5 atom stereocenters. The summed E-state index contributed by atoms with van der Waals surface area (Å²) in [5, 5.41) is 0. The third-order valence-corrected chi connectivity index (χ3v) is 12.0. The van der Waals surface area contributed by atoms with Crippen molar-refractivity contribution < 1.29 is 29.9 Å². The lowest BCUT2D eigenvalue weighted by molar-refractivity contribution is -0.00807. The fourth-order valence-corrected chi connectivity index (χ4v) is 9.64. The number of rotatable bonds is 7. The maximum absolute atomic E-state index is 13.1. The molecule has 3 aliphatic rings. The van der Waals surface area contributed by atoms with Crippen LogP contribution < -0.4 is 8.92 Å². The Bertz CT molecular complexity index is 1600. The Hall–Kier alpha value is -2.88. The number of ether oxygens (including phenoxy) is 1. The van der Waals surface area contributed by atoms with Crippen molar-refractivity contribution in [2.24, 2.45) is 17.3 Å². The molecule has 0 saturated heterocycles. The fourth-order valence-electron chi connectivity index (χ4n) is 7.46. The lowest BCUT2D eigenvalue weighted by atomic mass is 9.55. The van der Waals surface area contributed by atoms with Crippen LogP contribution in [0, 0.1) is 17.3 Å². The van der Waals surface area contributed by atoms with Crippen LogP contribution in [0.3, 0.4) is 0 Å². The van der Waals surface area contributed by atoms with Gasteiger partial charge in [0.1, 0.15) is 4.90 Å². The average Bonchev–Trinajstić information content (AvgIpc) is 3.28. The number of benzene rings is 3. The molecule has 40 heavy (non-hydrogen) atoms. The molecule has 9 heteroatoms. The Labute approximate surface area is 236 Å². The van der Waals surface area contributed by atoms with Gasteiger partial charge in [-0.05, 0) is 109 Å². The lowest BCUT2D eigenvalue weighted by Gasteiger charge is -2.50. The molecule has 7 nitrogen and oxygen atoms in total. The summed E-state index contributed by atoms with van der Waals surface area (Å²) in [6.45, 7) is 2.20. The standard InChI is InChI=1S/C31H34O7S2/c1-31-18-17-24-25(27(31)15-16-30(31)38-40(34,35)23-11-7-4-8-12-23)14-13-21-19-29(28(36-2)20-26(21)24)37-39(32,33)22-9-5-3-6-10-22/h3-12,19-20,24-25,27,30H,13-18H2,1-2H3/t24?,25?,27?,30?,31-/m0/s1. The summed E-state index contributed by atoms with van der Waals surface area (Å²) in [7, 11) is -6.32. The summed E-state index contributed by atoms with van der Waals surface area (Å²) >= 11 is 0. The number of methoxy groups -OCH3 is 1. The lowest BCUT2D eigenvalue weighted by Crippen LogP contribution is -2.45. The highest BCUT2D eigenvalue weighted by atomic mass is 32.2. The molecule has 6 rings (SSSR count). The van der Waals surface area contributed by atoms with Gasteiger partial charge in [0.25, 0.3) is 10.1 Å². The maximum atomic E-state index is 13.1. The van der Waals surface area contributed by atoms with Crippen LogP contribution in [0.1, 0.15) is 56.1 Å². The first-order valence-electron chi connectivity index (χ1n) is 13.8. The van der Waals surface area contributed by atoms with E-state index in [4.69, 9.17) is 13.1 Å². The summed E-state index contributed by atoms with van der Waals surface area (Å²) in [4.78, 5) is 0.287. The third kappa shape index (κ3) is 4.72. The predicted octanol–water partition coefficient (Wildman–Crippen LogP) is 6.09. The number of hydrogen-bond acceptors (Lipinski definition) is 7. The zero-order valence-corrected chi connectivity index (χ0v) is 24.3. The SMILES string of the molecule is COc1cc2c(cc1OS(=O)(=O)c1ccccc1)CCC1C2CC[C@]2(C)C(OS(=O)(=O)c3ccccc3)CCC12. The van der Waals surface area contributed by atoms with Gasteiger partial charge in [-0.25, -0.2) is 0 Å². The molecule has 0 spiro atoms. The first-order chi connectivity index (χ1) is 19.1. The highest BCUT2D eigenvalue weighted by molar-refractivity contribution is 7.87. The normalized spacial score (nSPS) is 27.8. The van der Waals surface area contributed by atoms with Gasteiger partial charge in [-0.2, -0.15) is 16.8 Å². The Morgan fingerprint density at radius 2 is 1.43 bits per heavy atom. The second-order valence-electron chi connectivity index (χ2n) is 11.4. The van der Waals surface area contributed by atoms with Gasteiger partial charge in [-0.1, -0.05) is 43.3 Å². The van der Waals surface area contributed by atoms with Crippen LogP contribution in [0.25, 0.3) is 0 Å². The van der Waals surface area contributed by atoms with Crippen LogP contribution in [0.2, 0.25) is 0 Å². The van der Waals surface area contributed by atoms with Gasteiger partial charge >= 0.3 is 10.1 Å². The smallest absolute Gasteiger partial charge is 0.339 e. The predicted molar refractivity (Wildman–Crippen MR) is 150 cm³/mol. The van der Waals surface area contributed by atoms with Gasteiger partial charge < -0.3 is 8.92 Å². The molecule has 2 saturated carbocycles. The Morgan fingerprint density at radius 3 is 2.08 bits per heavy atom. The molecular formula is C31H34O7S2. The zero-order chi connectivity index (χ0) is 28.1. The van der Waals surface area contributed by atoms with E-state index in [0.29, 0.717) is 23.5 Å². The van der Waals surface area contributed by atoms with E-state index in [1.54, 1.807) is 48.5 Å². The van der Waals surface area contributed by atoms with E-state index in [0.717, 1.165) is 44.1 Å². The van der Waals surface area contributed by atoms with Crippen molar-refractivity contribution in [3.63, 3.8) is 0 Å². The van der Waals surface area contributed by atoms with E-state index in [2.05, 4.69) is 6.92 Å². The molecule has 0 aliphatic heterocycles. The Morgan fingerprint density at radius 1 is 0.775 bits per heavy atom. The molecule has 4 unspecified atom stereocenters. The van der Waals surface area contributed by atoms with Gasteiger partial charge in [0, 0.05) is 0 Å². The maximum Gasteiger partial charge on any atom is 0.339 e. The molecule has 0 heterocycles. The number of fused-ring (bicyclic) bond motifs is 5. The van der Waals surface area contributed by atoms with Gasteiger partial charge in [-0.3, -0.25) is 4.18 Å². The fraction of sp³-hybridized carbons (Fsp3) is 0.419. The molecule has 3 aromatic carbocycles. The van der Waals surface area contributed by atoms with E-state index >= 15 is 0 Å². The zero-order valence-electron chi connectivity index (χ0n) is 22.7. The highest BCUT2D eigenvalue weighted by Crippen LogP contribution is 2.62. The number of aryl methyl sites for hydroxylation is 1. The molecule has 0 N–H and O–H groups in total. The molecule has 212 valence electrons. The van der Waals surface area contributed by atoms with Crippen molar-refractivity contribution in [2.45, 2.75) is 67.3 Å². The highest BCUT2D eigenvalue weighted by Gasteiger charge is 2.56. The molecule has 0 aromatic heterocycles. The summed E-state index contributed by atoms with van der Waals surface area (Å²) in [5.41, 5.74) is 2.04. The van der Waals surface area contributed by atoms with Crippen molar-refractivity contribution in [2.75, 3.05) is 7.11 Å². The molecule has 0 radical (unpaired) electrons. The van der Waals surface area contributed by atoms with Crippen molar-refractivity contribution in [1.29, 1.82) is 0 Å². The van der Waals surface area contributed by atoms with Gasteiger partial charge in [0.2, 0.25) is 0 Å². The minimum absolute atomic E-state index is 0.0914. The van der Waals surface area contributed by atoms with Crippen LogP contribution in [0.5, 0.6) is 11.5 Å². The summed E-state index contributed by atoms with van der Waals surface area (Å²) in [6, 6.07) is 20.2. The van der Waals surface area contributed by atoms with Crippen molar-refractivity contribution >= 4 is 20.2 Å².